The first-order valence-electron chi connectivity index (χ1n) is 6.69. The molecule has 3 rings (SSSR count). The molecule has 0 aliphatic carbocycles. The fraction of sp³-hybridized carbons (Fsp3) is 0.118. The summed E-state index contributed by atoms with van der Waals surface area (Å²) in [6.45, 7) is 2.08. The van der Waals surface area contributed by atoms with E-state index in [-0.39, 0.29) is 6.04 Å². The first-order valence-corrected chi connectivity index (χ1v) is 7.45. The molecule has 0 radical (unpaired) electrons. The summed E-state index contributed by atoms with van der Waals surface area (Å²) in [7, 11) is 0. The lowest BCUT2D eigenvalue weighted by molar-refractivity contribution is 0.887. The van der Waals surface area contributed by atoms with E-state index in [1.807, 2.05) is 36.5 Å². The third-order valence-electron chi connectivity index (χ3n) is 3.48. The second-order valence-electron chi connectivity index (χ2n) is 4.93. The number of aromatic nitrogens is 1. The average Bonchev–Trinajstić information content (AvgIpc) is 2.47. The van der Waals surface area contributed by atoms with Crippen molar-refractivity contribution in [1.29, 1.82) is 0 Å². The molecule has 3 aromatic rings. The highest BCUT2D eigenvalue weighted by molar-refractivity contribution is 6.35. The number of halogens is 2. The summed E-state index contributed by atoms with van der Waals surface area (Å²) in [5, 5.41) is 7.07. The second-order valence-corrected chi connectivity index (χ2v) is 5.78. The molecule has 0 saturated heterocycles. The zero-order valence-corrected chi connectivity index (χ0v) is 13.0. The van der Waals surface area contributed by atoms with Gasteiger partial charge in [0.2, 0.25) is 0 Å². The van der Waals surface area contributed by atoms with Crippen molar-refractivity contribution in [2.45, 2.75) is 13.0 Å². The Balaban J connectivity index is 1.94. The van der Waals surface area contributed by atoms with Crippen LogP contribution in [0.2, 0.25) is 10.0 Å². The van der Waals surface area contributed by atoms with Crippen LogP contribution in [0.3, 0.4) is 0 Å². The molecule has 0 fully saturated rings. The van der Waals surface area contributed by atoms with Crippen molar-refractivity contribution in [3.63, 3.8) is 0 Å². The highest BCUT2D eigenvalue weighted by atomic mass is 35.5. The standard InChI is InChI=1S/C17H14Cl2N2/c1-11(14-6-5-13(18)9-16(14)19)21-17-4-2-3-12-10-20-8-7-15(12)17/h2-11,21H,1H3. The van der Waals surface area contributed by atoms with E-state index >= 15 is 0 Å². The van der Waals surface area contributed by atoms with Gasteiger partial charge in [-0.15, -0.1) is 0 Å². The molecule has 1 aromatic heterocycles. The van der Waals surface area contributed by atoms with Crippen molar-refractivity contribution < 1.29 is 0 Å². The Morgan fingerprint density at radius 3 is 2.76 bits per heavy atom. The van der Waals surface area contributed by atoms with Crippen LogP contribution in [0, 0.1) is 0 Å². The van der Waals surface area contributed by atoms with E-state index in [1.54, 1.807) is 12.3 Å². The minimum Gasteiger partial charge on any atom is -0.378 e. The number of hydrogen-bond acceptors (Lipinski definition) is 2. The fourth-order valence-corrected chi connectivity index (χ4v) is 2.98. The third kappa shape index (κ3) is 2.97. The number of nitrogens with zero attached hydrogens (tertiary/aromatic N) is 1. The molecule has 0 aliphatic rings. The summed E-state index contributed by atoms with van der Waals surface area (Å²) in [4.78, 5) is 4.15. The summed E-state index contributed by atoms with van der Waals surface area (Å²) in [6, 6.07) is 13.8. The summed E-state index contributed by atoms with van der Waals surface area (Å²) in [5.41, 5.74) is 2.08. The van der Waals surface area contributed by atoms with Crippen molar-refractivity contribution in [1.82, 2.24) is 4.98 Å². The molecule has 21 heavy (non-hydrogen) atoms. The van der Waals surface area contributed by atoms with E-state index in [1.165, 1.54) is 0 Å². The van der Waals surface area contributed by atoms with Crippen molar-refractivity contribution in [2.24, 2.45) is 0 Å². The highest BCUT2D eigenvalue weighted by Gasteiger charge is 2.11. The van der Waals surface area contributed by atoms with E-state index in [2.05, 4.69) is 23.3 Å². The molecule has 1 atom stereocenters. The first-order chi connectivity index (χ1) is 10.1. The number of hydrogen-bond donors (Lipinski definition) is 1. The Morgan fingerprint density at radius 2 is 1.95 bits per heavy atom. The zero-order valence-electron chi connectivity index (χ0n) is 11.5. The molecule has 2 nitrogen and oxygen atoms in total. The van der Waals surface area contributed by atoms with E-state index in [9.17, 15) is 0 Å². The molecule has 1 N–H and O–H groups in total. The van der Waals surface area contributed by atoms with Gasteiger partial charge in [-0.3, -0.25) is 4.98 Å². The number of rotatable bonds is 3. The van der Waals surface area contributed by atoms with Gasteiger partial charge in [-0.25, -0.2) is 0 Å². The average molecular weight is 317 g/mol. The number of fused-ring (bicyclic) bond motifs is 1. The van der Waals surface area contributed by atoms with Crippen molar-refractivity contribution in [3.8, 4) is 0 Å². The summed E-state index contributed by atoms with van der Waals surface area (Å²) < 4.78 is 0. The predicted molar refractivity (Wildman–Crippen MR) is 90.2 cm³/mol. The number of anilines is 1. The van der Waals surface area contributed by atoms with Gasteiger partial charge in [-0.2, -0.15) is 0 Å². The molecule has 0 aliphatic heterocycles. The van der Waals surface area contributed by atoms with Gasteiger partial charge in [0.1, 0.15) is 0 Å². The van der Waals surface area contributed by atoms with Gasteiger partial charge in [-0.05, 0) is 36.8 Å². The zero-order chi connectivity index (χ0) is 14.8. The van der Waals surface area contributed by atoms with E-state index in [0.717, 1.165) is 22.0 Å². The van der Waals surface area contributed by atoms with Crippen LogP contribution in [0.15, 0.2) is 54.9 Å². The number of benzene rings is 2. The third-order valence-corrected chi connectivity index (χ3v) is 4.04. The van der Waals surface area contributed by atoms with Crippen LogP contribution in [-0.2, 0) is 0 Å². The Morgan fingerprint density at radius 1 is 1.10 bits per heavy atom. The van der Waals surface area contributed by atoms with Crippen LogP contribution >= 0.6 is 23.2 Å². The maximum absolute atomic E-state index is 6.27. The van der Waals surface area contributed by atoms with Crippen molar-refractivity contribution in [3.05, 3.63) is 70.5 Å². The molecule has 2 aromatic carbocycles. The van der Waals surface area contributed by atoms with Gasteiger partial charge in [0.05, 0.1) is 6.04 Å². The Bertz CT molecular complexity index is 781. The topological polar surface area (TPSA) is 24.9 Å². The number of nitrogens with one attached hydrogen (secondary N) is 1. The van der Waals surface area contributed by atoms with Gasteiger partial charge in [0.25, 0.3) is 0 Å². The predicted octanol–water partition coefficient (Wildman–Crippen LogP) is 5.71. The number of pyridine rings is 1. The second kappa shape index (κ2) is 5.92. The first kappa shape index (κ1) is 14.2. The lowest BCUT2D eigenvalue weighted by Crippen LogP contribution is -2.07. The molecular weight excluding hydrogens is 303 g/mol. The molecule has 0 amide bonds. The molecule has 0 bridgehead atoms. The monoisotopic (exact) mass is 316 g/mol. The molecule has 0 saturated carbocycles. The summed E-state index contributed by atoms with van der Waals surface area (Å²) in [6.07, 6.45) is 3.66. The molecule has 1 unspecified atom stereocenters. The maximum Gasteiger partial charge on any atom is 0.0500 e. The van der Waals surface area contributed by atoms with E-state index in [0.29, 0.717) is 10.0 Å². The van der Waals surface area contributed by atoms with Crippen molar-refractivity contribution >= 4 is 39.7 Å². The maximum atomic E-state index is 6.27. The Kier molecular flexibility index (Phi) is 4.00. The smallest absolute Gasteiger partial charge is 0.0500 e. The van der Waals surface area contributed by atoms with Crippen LogP contribution in [0.25, 0.3) is 10.8 Å². The van der Waals surface area contributed by atoms with Crippen LogP contribution < -0.4 is 5.32 Å². The molecule has 106 valence electrons. The highest BCUT2D eigenvalue weighted by Crippen LogP contribution is 2.30. The van der Waals surface area contributed by atoms with Gasteiger partial charge in [0, 0.05) is 38.9 Å². The molecule has 0 spiro atoms. The van der Waals surface area contributed by atoms with E-state index in [4.69, 9.17) is 23.2 Å². The van der Waals surface area contributed by atoms with Crippen LogP contribution in [0.1, 0.15) is 18.5 Å². The fourth-order valence-electron chi connectivity index (χ4n) is 2.41. The Hall–Kier alpha value is -1.77. The Labute approximate surface area is 133 Å². The largest absolute Gasteiger partial charge is 0.378 e. The van der Waals surface area contributed by atoms with Gasteiger partial charge in [-0.1, -0.05) is 41.4 Å². The van der Waals surface area contributed by atoms with Crippen LogP contribution in [-0.4, -0.2) is 4.98 Å². The lowest BCUT2D eigenvalue weighted by atomic mass is 10.1. The van der Waals surface area contributed by atoms with Gasteiger partial charge < -0.3 is 5.32 Å². The van der Waals surface area contributed by atoms with Crippen molar-refractivity contribution in [2.75, 3.05) is 5.32 Å². The minimum absolute atomic E-state index is 0.0773. The molecule has 4 heteroatoms. The molecular formula is C17H14Cl2N2. The quantitative estimate of drug-likeness (QED) is 0.669. The van der Waals surface area contributed by atoms with Gasteiger partial charge >= 0.3 is 0 Å². The normalized spacial score (nSPS) is 12.3. The SMILES string of the molecule is CC(Nc1cccc2cnccc12)c1ccc(Cl)cc1Cl. The minimum atomic E-state index is 0.0773. The summed E-state index contributed by atoms with van der Waals surface area (Å²) >= 11 is 12.2. The summed E-state index contributed by atoms with van der Waals surface area (Å²) in [5.74, 6) is 0. The van der Waals surface area contributed by atoms with Crippen LogP contribution in [0.5, 0.6) is 0 Å². The van der Waals surface area contributed by atoms with Gasteiger partial charge in [0.15, 0.2) is 0 Å². The van der Waals surface area contributed by atoms with E-state index < -0.39 is 0 Å². The molecule has 1 heterocycles. The lowest BCUT2D eigenvalue weighted by Gasteiger charge is -2.18. The van der Waals surface area contributed by atoms with Crippen LogP contribution in [0.4, 0.5) is 5.69 Å².